The molecule has 0 radical (unpaired) electrons. The fourth-order valence-electron chi connectivity index (χ4n) is 1.43. The maximum Gasteiger partial charge on any atom is 0.133 e. The first-order chi connectivity index (χ1) is 8.49. The van der Waals surface area contributed by atoms with Crippen molar-refractivity contribution < 1.29 is 5.11 Å². The van der Waals surface area contributed by atoms with Crippen LogP contribution in [0.15, 0.2) is 5.03 Å². The van der Waals surface area contributed by atoms with Crippen LogP contribution in [0.25, 0.3) is 0 Å². The van der Waals surface area contributed by atoms with Gasteiger partial charge in [0.2, 0.25) is 0 Å². The zero-order valence-corrected chi connectivity index (χ0v) is 12.6. The van der Waals surface area contributed by atoms with Crippen LogP contribution in [0.2, 0.25) is 0 Å². The van der Waals surface area contributed by atoms with Gasteiger partial charge >= 0.3 is 0 Å². The quantitative estimate of drug-likeness (QED) is 0.614. The van der Waals surface area contributed by atoms with Crippen LogP contribution in [0.3, 0.4) is 0 Å². The van der Waals surface area contributed by atoms with Gasteiger partial charge in [0, 0.05) is 23.8 Å². The molecule has 102 valence electrons. The molecule has 0 fully saturated rings. The van der Waals surface area contributed by atoms with Crippen LogP contribution >= 0.6 is 11.8 Å². The molecule has 2 atom stereocenters. The largest absolute Gasteiger partial charge is 0.392 e. The Morgan fingerprint density at radius 1 is 1.28 bits per heavy atom. The molecule has 1 aromatic heterocycles. The number of hydrogen-bond acceptors (Lipinski definition) is 5. The first kappa shape index (κ1) is 15.2. The van der Waals surface area contributed by atoms with Gasteiger partial charge in [0.1, 0.15) is 16.7 Å². The maximum atomic E-state index is 9.59. The summed E-state index contributed by atoms with van der Waals surface area (Å²) in [7, 11) is 0. The van der Waals surface area contributed by atoms with E-state index in [0.29, 0.717) is 0 Å². The van der Waals surface area contributed by atoms with Crippen molar-refractivity contribution in [1.29, 1.82) is 0 Å². The van der Waals surface area contributed by atoms with Gasteiger partial charge < -0.3 is 10.4 Å². The van der Waals surface area contributed by atoms with Crippen molar-refractivity contribution in [3.8, 4) is 0 Å². The van der Waals surface area contributed by atoms with Crippen LogP contribution in [-0.4, -0.2) is 33.0 Å². The molecule has 1 heterocycles. The average Bonchev–Trinajstić information content (AvgIpc) is 2.33. The zero-order chi connectivity index (χ0) is 13.7. The van der Waals surface area contributed by atoms with E-state index in [1.807, 2.05) is 20.8 Å². The Balaban J connectivity index is 3.05. The fraction of sp³-hybridized carbons (Fsp3) is 0.692. The molecule has 0 aliphatic carbocycles. The monoisotopic (exact) mass is 269 g/mol. The van der Waals surface area contributed by atoms with Gasteiger partial charge in [-0.25, -0.2) is 9.97 Å². The van der Waals surface area contributed by atoms with Crippen molar-refractivity contribution >= 4 is 17.6 Å². The first-order valence-electron chi connectivity index (χ1n) is 6.45. The van der Waals surface area contributed by atoms with E-state index >= 15 is 0 Å². The number of thioether (sulfide) groups is 1. The number of aliphatic hydroxyl groups is 1. The van der Waals surface area contributed by atoms with Gasteiger partial charge in [0.05, 0.1) is 6.10 Å². The van der Waals surface area contributed by atoms with Gasteiger partial charge in [-0.2, -0.15) is 0 Å². The number of anilines is 1. The van der Waals surface area contributed by atoms with E-state index in [2.05, 4.69) is 22.2 Å². The highest BCUT2D eigenvalue weighted by Crippen LogP contribution is 2.29. The molecule has 0 amide bonds. The second-order valence-corrected chi connectivity index (χ2v) is 5.73. The summed E-state index contributed by atoms with van der Waals surface area (Å²) in [6.07, 6.45) is 0.465. The molecule has 0 aliphatic heterocycles. The zero-order valence-electron chi connectivity index (χ0n) is 11.8. The third-order valence-corrected chi connectivity index (χ3v) is 4.17. The van der Waals surface area contributed by atoms with Crippen molar-refractivity contribution in [2.24, 2.45) is 0 Å². The molecule has 2 unspecified atom stereocenters. The number of aromatic nitrogens is 2. The summed E-state index contributed by atoms with van der Waals surface area (Å²) < 4.78 is 0. The molecule has 0 spiro atoms. The lowest BCUT2D eigenvalue weighted by Gasteiger charge is -2.17. The standard InChI is InChI=1S/C13H23N3OS/c1-6-11-15-12(14-7-2)8(3)13(16-11)18-10(5)9(4)17/h9-10,17H,6-7H2,1-5H3,(H,14,15,16). The van der Waals surface area contributed by atoms with E-state index in [-0.39, 0.29) is 11.4 Å². The van der Waals surface area contributed by atoms with Crippen molar-refractivity contribution in [1.82, 2.24) is 9.97 Å². The van der Waals surface area contributed by atoms with Crippen LogP contribution < -0.4 is 5.32 Å². The van der Waals surface area contributed by atoms with Crippen LogP contribution in [-0.2, 0) is 6.42 Å². The second-order valence-electron chi connectivity index (χ2n) is 4.37. The predicted molar refractivity (Wildman–Crippen MR) is 77.3 cm³/mol. The van der Waals surface area contributed by atoms with Crippen molar-refractivity contribution in [2.75, 3.05) is 11.9 Å². The highest BCUT2D eigenvalue weighted by Gasteiger charge is 2.16. The Kier molecular flexibility index (Phi) is 5.88. The third-order valence-electron chi connectivity index (χ3n) is 2.78. The van der Waals surface area contributed by atoms with E-state index in [1.54, 1.807) is 18.7 Å². The van der Waals surface area contributed by atoms with Crippen LogP contribution in [0.5, 0.6) is 0 Å². The molecule has 0 saturated carbocycles. The summed E-state index contributed by atoms with van der Waals surface area (Å²) in [5.41, 5.74) is 1.06. The Labute approximate surface area is 114 Å². The molecular weight excluding hydrogens is 246 g/mol. The van der Waals surface area contributed by atoms with Gasteiger partial charge in [0.15, 0.2) is 0 Å². The molecule has 1 rings (SSSR count). The Hall–Kier alpha value is -0.810. The van der Waals surface area contributed by atoms with Crippen LogP contribution in [0.4, 0.5) is 5.82 Å². The highest BCUT2D eigenvalue weighted by molar-refractivity contribution is 7.99. The summed E-state index contributed by atoms with van der Waals surface area (Å²) in [6, 6.07) is 0. The molecule has 0 saturated heterocycles. The summed E-state index contributed by atoms with van der Waals surface area (Å²) in [5, 5.41) is 13.9. The highest BCUT2D eigenvalue weighted by atomic mass is 32.2. The Morgan fingerprint density at radius 2 is 1.94 bits per heavy atom. The minimum absolute atomic E-state index is 0.123. The van der Waals surface area contributed by atoms with E-state index in [1.165, 1.54) is 0 Å². The van der Waals surface area contributed by atoms with E-state index < -0.39 is 0 Å². The van der Waals surface area contributed by atoms with E-state index in [0.717, 1.165) is 35.2 Å². The van der Waals surface area contributed by atoms with E-state index in [4.69, 9.17) is 0 Å². The number of aryl methyl sites for hydroxylation is 1. The summed E-state index contributed by atoms with van der Waals surface area (Å²) in [5.74, 6) is 1.75. The summed E-state index contributed by atoms with van der Waals surface area (Å²) in [6.45, 7) is 10.8. The molecule has 5 heteroatoms. The number of nitrogens with one attached hydrogen (secondary N) is 1. The second kappa shape index (κ2) is 6.95. The Morgan fingerprint density at radius 3 is 2.44 bits per heavy atom. The van der Waals surface area contributed by atoms with Crippen molar-refractivity contribution in [3.63, 3.8) is 0 Å². The van der Waals surface area contributed by atoms with E-state index in [9.17, 15) is 5.11 Å². The average molecular weight is 269 g/mol. The minimum Gasteiger partial charge on any atom is -0.392 e. The molecule has 0 aromatic carbocycles. The number of rotatable bonds is 6. The van der Waals surface area contributed by atoms with Gasteiger partial charge in [-0.05, 0) is 20.8 Å². The molecule has 18 heavy (non-hydrogen) atoms. The lowest BCUT2D eigenvalue weighted by atomic mass is 10.3. The summed E-state index contributed by atoms with van der Waals surface area (Å²) >= 11 is 1.61. The minimum atomic E-state index is -0.350. The number of hydrogen-bond donors (Lipinski definition) is 2. The topological polar surface area (TPSA) is 58.0 Å². The summed E-state index contributed by atoms with van der Waals surface area (Å²) in [4.78, 5) is 9.05. The predicted octanol–water partition coefficient (Wildman–Crippen LogP) is 2.64. The molecular formula is C13H23N3OS. The maximum absolute atomic E-state index is 9.59. The lowest BCUT2D eigenvalue weighted by Crippen LogP contribution is -2.16. The molecule has 4 nitrogen and oxygen atoms in total. The molecule has 1 aromatic rings. The number of aliphatic hydroxyl groups excluding tert-OH is 1. The Bertz CT molecular complexity index is 396. The first-order valence-corrected chi connectivity index (χ1v) is 7.33. The van der Waals surface area contributed by atoms with Gasteiger partial charge in [0.25, 0.3) is 0 Å². The van der Waals surface area contributed by atoms with Gasteiger partial charge in [-0.1, -0.05) is 13.8 Å². The molecule has 2 N–H and O–H groups in total. The van der Waals surface area contributed by atoms with Crippen LogP contribution in [0, 0.1) is 6.92 Å². The molecule has 0 aliphatic rings. The lowest BCUT2D eigenvalue weighted by molar-refractivity contribution is 0.196. The normalized spacial score (nSPS) is 14.3. The van der Waals surface area contributed by atoms with Crippen molar-refractivity contribution in [3.05, 3.63) is 11.4 Å². The fourth-order valence-corrected chi connectivity index (χ4v) is 2.41. The van der Waals surface area contributed by atoms with Crippen molar-refractivity contribution in [2.45, 2.75) is 57.4 Å². The third kappa shape index (κ3) is 3.85. The van der Waals surface area contributed by atoms with Crippen LogP contribution in [0.1, 0.15) is 39.1 Å². The molecule has 0 bridgehead atoms. The van der Waals surface area contributed by atoms with Gasteiger partial charge in [-0.15, -0.1) is 11.8 Å². The number of nitrogens with zero attached hydrogens (tertiary/aromatic N) is 2. The van der Waals surface area contributed by atoms with Gasteiger partial charge in [-0.3, -0.25) is 0 Å². The SMILES string of the molecule is CCNc1nc(CC)nc(SC(C)C(C)O)c1C. The smallest absolute Gasteiger partial charge is 0.133 e.